The number of nitrogens with two attached hydrogens (primary N) is 1. The molecule has 3 unspecified atom stereocenters. The third-order valence-electron chi connectivity index (χ3n) is 5.10. The molecule has 0 bridgehead atoms. The minimum atomic E-state index is -0.881. The fourth-order valence-corrected chi connectivity index (χ4v) is 4.98. The van der Waals surface area contributed by atoms with E-state index in [-0.39, 0.29) is 18.6 Å². The lowest BCUT2D eigenvalue weighted by Gasteiger charge is -2.28. The Bertz CT molecular complexity index is 906. The summed E-state index contributed by atoms with van der Waals surface area (Å²) in [6.07, 6.45) is 4.29. The second-order valence-corrected chi connectivity index (χ2v) is 8.86. The van der Waals surface area contributed by atoms with Gasteiger partial charge in [0.2, 0.25) is 5.72 Å². The van der Waals surface area contributed by atoms with Gasteiger partial charge in [-0.25, -0.2) is 15.0 Å². The molecular weight excluding hydrogens is 398 g/mol. The molecule has 3 atom stereocenters. The lowest BCUT2D eigenvalue weighted by atomic mass is 10.1. The summed E-state index contributed by atoms with van der Waals surface area (Å²) < 4.78 is 20.5. The molecule has 0 radical (unpaired) electrons. The number of hydrogen-bond acceptors (Lipinski definition) is 9. The van der Waals surface area contributed by atoms with Crippen molar-refractivity contribution < 1.29 is 24.1 Å². The number of rotatable bonds is 8. The number of ether oxygens (including phenoxy) is 3. The number of carbonyl (C=O) groups is 1. The monoisotopic (exact) mass is 423 g/mol. The summed E-state index contributed by atoms with van der Waals surface area (Å²) in [5.74, 6) is 0.368. The molecule has 0 saturated carbocycles. The molecule has 2 saturated heterocycles. The van der Waals surface area contributed by atoms with Crippen molar-refractivity contribution in [3.8, 4) is 0 Å². The number of hydrogen-bond donors (Lipinski definition) is 2. The number of imidazole rings is 1. The predicted molar refractivity (Wildman–Crippen MR) is 106 cm³/mol. The predicted octanol–water partition coefficient (Wildman–Crippen LogP) is 1.60. The van der Waals surface area contributed by atoms with Crippen molar-refractivity contribution in [2.24, 2.45) is 0 Å². The molecular formula is C18H25N5O5S. The van der Waals surface area contributed by atoms with E-state index in [0.717, 1.165) is 17.9 Å². The number of anilines is 1. The Kier molecular flexibility index (Phi) is 5.40. The maximum Gasteiger partial charge on any atom is 0.303 e. The quantitative estimate of drug-likeness (QED) is 0.603. The minimum Gasteiger partial charge on any atom is -0.481 e. The zero-order valence-electron chi connectivity index (χ0n) is 16.4. The molecule has 0 aromatic carbocycles. The van der Waals surface area contributed by atoms with Crippen molar-refractivity contribution in [1.82, 2.24) is 19.5 Å². The van der Waals surface area contributed by atoms with Gasteiger partial charge in [0.25, 0.3) is 0 Å². The zero-order valence-corrected chi connectivity index (χ0v) is 17.2. The average molecular weight is 423 g/mol. The van der Waals surface area contributed by atoms with Gasteiger partial charge in [-0.2, -0.15) is 11.8 Å². The summed E-state index contributed by atoms with van der Waals surface area (Å²) in [5, 5.41) is 8.72. The van der Waals surface area contributed by atoms with Crippen LogP contribution in [0, 0.1) is 0 Å². The lowest BCUT2D eigenvalue weighted by molar-refractivity contribution is -0.203. The van der Waals surface area contributed by atoms with Gasteiger partial charge in [0.1, 0.15) is 17.9 Å². The minimum absolute atomic E-state index is 0.169. The van der Waals surface area contributed by atoms with Crippen LogP contribution in [0.4, 0.5) is 5.82 Å². The fourth-order valence-electron chi connectivity index (χ4n) is 3.90. The van der Waals surface area contributed by atoms with Crippen LogP contribution in [0.2, 0.25) is 0 Å². The van der Waals surface area contributed by atoms with E-state index in [1.807, 2.05) is 18.4 Å². The first kappa shape index (κ1) is 20.3. The molecule has 2 aliphatic rings. The van der Waals surface area contributed by atoms with Crippen molar-refractivity contribution in [2.45, 2.75) is 56.8 Å². The van der Waals surface area contributed by atoms with Gasteiger partial charge in [-0.1, -0.05) is 0 Å². The highest BCUT2D eigenvalue weighted by molar-refractivity contribution is 7.99. The highest BCUT2D eigenvalue weighted by atomic mass is 32.2. The smallest absolute Gasteiger partial charge is 0.303 e. The highest BCUT2D eigenvalue weighted by Gasteiger charge is 2.62. The van der Waals surface area contributed by atoms with Crippen LogP contribution in [-0.4, -0.2) is 66.7 Å². The molecule has 4 heterocycles. The molecule has 2 aromatic heterocycles. The summed E-state index contributed by atoms with van der Waals surface area (Å²) in [4.78, 5) is 23.3. The average Bonchev–Trinajstić information content (AvgIpc) is 3.29. The second-order valence-electron chi connectivity index (χ2n) is 7.71. The van der Waals surface area contributed by atoms with Gasteiger partial charge in [0.05, 0.1) is 19.0 Å². The summed E-state index contributed by atoms with van der Waals surface area (Å²) in [5.41, 5.74) is 6.15. The zero-order chi connectivity index (χ0) is 20.6. The summed E-state index contributed by atoms with van der Waals surface area (Å²) in [6.45, 7) is 4.07. The largest absolute Gasteiger partial charge is 0.481 e. The molecule has 10 nitrogen and oxygen atoms in total. The number of carboxylic acid groups (broad SMARTS) is 1. The maximum absolute atomic E-state index is 10.6. The standard InChI is InChI=1S/C18H25N5O5S/c1-17(2)27-14-11(7-29-6-4-3-5-12(24)25)26-8-18(14,28-17)23-10-22-13-15(19)20-9-21-16(13)23/h9-11,14H,3-8H2,1-2H3,(H,24,25)(H2,19,20,21). The summed E-state index contributed by atoms with van der Waals surface area (Å²) >= 11 is 1.73. The first-order valence-electron chi connectivity index (χ1n) is 9.55. The number of thioether (sulfide) groups is 1. The molecule has 29 heavy (non-hydrogen) atoms. The van der Waals surface area contributed by atoms with Crippen LogP contribution in [0.5, 0.6) is 0 Å². The number of unbranched alkanes of at least 4 members (excludes halogenated alkanes) is 1. The summed E-state index contributed by atoms with van der Waals surface area (Å²) in [6, 6.07) is 0. The third-order valence-corrected chi connectivity index (χ3v) is 6.24. The molecule has 11 heteroatoms. The van der Waals surface area contributed by atoms with Crippen molar-refractivity contribution in [2.75, 3.05) is 23.8 Å². The van der Waals surface area contributed by atoms with E-state index in [2.05, 4.69) is 15.0 Å². The number of aromatic nitrogens is 4. The van der Waals surface area contributed by atoms with Gasteiger partial charge in [-0.15, -0.1) is 0 Å². The number of fused-ring (bicyclic) bond motifs is 2. The van der Waals surface area contributed by atoms with E-state index < -0.39 is 17.5 Å². The third kappa shape index (κ3) is 3.79. The summed E-state index contributed by atoms with van der Waals surface area (Å²) in [7, 11) is 0. The number of aliphatic carboxylic acids is 1. The van der Waals surface area contributed by atoms with Crippen molar-refractivity contribution in [1.29, 1.82) is 0 Å². The Morgan fingerprint density at radius 2 is 2.21 bits per heavy atom. The van der Waals surface area contributed by atoms with Crippen LogP contribution in [0.3, 0.4) is 0 Å². The molecule has 2 aliphatic heterocycles. The van der Waals surface area contributed by atoms with Gasteiger partial charge in [-0.3, -0.25) is 9.36 Å². The van der Waals surface area contributed by atoms with Crippen LogP contribution in [0.1, 0.15) is 33.1 Å². The number of nitrogen functional groups attached to an aromatic ring is 1. The van der Waals surface area contributed by atoms with Crippen molar-refractivity contribution in [3.63, 3.8) is 0 Å². The van der Waals surface area contributed by atoms with E-state index in [9.17, 15) is 4.79 Å². The van der Waals surface area contributed by atoms with Gasteiger partial charge < -0.3 is 25.1 Å². The molecule has 2 fully saturated rings. The topological polar surface area (TPSA) is 135 Å². The first-order valence-corrected chi connectivity index (χ1v) is 10.7. The highest BCUT2D eigenvalue weighted by Crippen LogP contribution is 2.48. The maximum atomic E-state index is 10.6. The Hall–Kier alpha value is -1.95. The van der Waals surface area contributed by atoms with Crippen LogP contribution in [-0.2, 0) is 24.7 Å². The van der Waals surface area contributed by atoms with Gasteiger partial charge >= 0.3 is 5.97 Å². The molecule has 158 valence electrons. The Morgan fingerprint density at radius 3 is 3.00 bits per heavy atom. The van der Waals surface area contributed by atoms with E-state index in [0.29, 0.717) is 30.0 Å². The van der Waals surface area contributed by atoms with Crippen molar-refractivity contribution in [3.05, 3.63) is 12.7 Å². The van der Waals surface area contributed by atoms with E-state index in [1.54, 1.807) is 18.1 Å². The SMILES string of the molecule is CC1(C)OC2C(CSCCCCC(=O)O)OCC2(n2cnc3c(N)ncnc32)O1. The molecule has 4 rings (SSSR count). The van der Waals surface area contributed by atoms with Gasteiger partial charge in [0.15, 0.2) is 17.3 Å². The Labute approximate surface area is 172 Å². The van der Waals surface area contributed by atoms with E-state index >= 15 is 0 Å². The van der Waals surface area contributed by atoms with Gasteiger partial charge in [-0.05, 0) is 32.4 Å². The molecule has 0 aliphatic carbocycles. The first-order chi connectivity index (χ1) is 13.8. The van der Waals surface area contributed by atoms with Crippen molar-refractivity contribution >= 4 is 34.7 Å². The number of nitrogens with zero attached hydrogens (tertiary/aromatic N) is 4. The normalized spacial score (nSPS) is 28.1. The Morgan fingerprint density at radius 1 is 1.38 bits per heavy atom. The molecule has 2 aromatic rings. The van der Waals surface area contributed by atoms with E-state index in [1.165, 1.54) is 6.33 Å². The van der Waals surface area contributed by atoms with Crippen LogP contribution < -0.4 is 5.73 Å². The fraction of sp³-hybridized carbons (Fsp3) is 0.667. The molecule has 3 N–H and O–H groups in total. The van der Waals surface area contributed by atoms with E-state index in [4.69, 9.17) is 25.1 Å². The van der Waals surface area contributed by atoms with Crippen LogP contribution in [0.15, 0.2) is 12.7 Å². The number of carboxylic acids is 1. The van der Waals surface area contributed by atoms with Crippen LogP contribution >= 0.6 is 11.8 Å². The molecule has 0 spiro atoms. The second kappa shape index (κ2) is 7.71. The Balaban J connectivity index is 1.50. The lowest BCUT2D eigenvalue weighted by Crippen LogP contribution is -2.44. The van der Waals surface area contributed by atoms with Gasteiger partial charge in [0, 0.05) is 12.2 Å². The molecule has 0 amide bonds. The van der Waals surface area contributed by atoms with Crippen LogP contribution in [0.25, 0.3) is 11.2 Å².